The van der Waals surface area contributed by atoms with Crippen LogP contribution in [0.15, 0.2) is 18.2 Å². The molecule has 7 heteroatoms. The first-order valence-electron chi connectivity index (χ1n) is 11.8. The molecule has 1 N–H and O–H groups in total. The molecule has 1 fully saturated rings. The van der Waals surface area contributed by atoms with Crippen molar-refractivity contribution in [1.29, 1.82) is 0 Å². The van der Waals surface area contributed by atoms with E-state index in [0.717, 1.165) is 57.3 Å². The highest BCUT2D eigenvalue weighted by Gasteiger charge is 2.29. The van der Waals surface area contributed by atoms with E-state index in [1.54, 1.807) is 4.31 Å². The molecule has 3 rings (SSSR count). The lowest BCUT2D eigenvalue weighted by molar-refractivity contribution is -0.118. The molecule has 1 unspecified atom stereocenters. The molecule has 1 aromatic rings. The van der Waals surface area contributed by atoms with Crippen LogP contribution >= 0.6 is 0 Å². The molecule has 174 valence electrons. The van der Waals surface area contributed by atoms with E-state index in [1.165, 1.54) is 17.4 Å². The molecule has 1 heterocycles. The fourth-order valence-corrected chi connectivity index (χ4v) is 5.75. The Hall–Kier alpha value is -1.44. The summed E-state index contributed by atoms with van der Waals surface area (Å²) in [5, 5.41) is 3.04. The molecule has 1 aliphatic carbocycles. The fourth-order valence-electron chi connectivity index (χ4n) is 4.88. The van der Waals surface area contributed by atoms with Crippen molar-refractivity contribution in [2.24, 2.45) is 11.8 Å². The number of rotatable bonds is 8. The Morgan fingerprint density at radius 3 is 2.52 bits per heavy atom. The van der Waals surface area contributed by atoms with E-state index in [1.807, 2.05) is 19.9 Å². The second-order valence-corrected chi connectivity index (χ2v) is 11.6. The molecular weight excluding hydrogens is 410 g/mol. The van der Waals surface area contributed by atoms with Crippen molar-refractivity contribution in [2.45, 2.75) is 65.3 Å². The Balaban J connectivity index is 1.64. The number of nitrogens with zero attached hydrogens (tertiary/aromatic N) is 2. The summed E-state index contributed by atoms with van der Waals surface area (Å²) in [6.07, 6.45) is 7.58. The molecule has 0 saturated carbocycles. The van der Waals surface area contributed by atoms with E-state index in [0.29, 0.717) is 25.0 Å². The van der Waals surface area contributed by atoms with Crippen LogP contribution in [0, 0.1) is 11.8 Å². The zero-order chi connectivity index (χ0) is 22.6. The smallest absolute Gasteiger partial charge is 0.226 e. The summed E-state index contributed by atoms with van der Waals surface area (Å²) >= 11 is 0. The van der Waals surface area contributed by atoms with Gasteiger partial charge in [0.1, 0.15) is 0 Å². The van der Waals surface area contributed by atoms with Crippen LogP contribution in [0.3, 0.4) is 0 Å². The van der Waals surface area contributed by atoms with Gasteiger partial charge in [-0.2, -0.15) is 0 Å². The SMILES string of the molecule is CCCN(CC1CCN(S(C)(=O)=O)CC1)C1CCc2ccc(NC(=O)C(C)C)cc2C1. The van der Waals surface area contributed by atoms with Gasteiger partial charge in [0.25, 0.3) is 0 Å². The van der Waals surface area contributed by atoms with E-state index < -0.39 is 10.0 Å². The standard InChI is InChI=1S/C24H39N3O3S/c1-5-12-26(17-19-10-13-27(14-11-19)31(4,29)30)23-9-7-20-6-8-22(15-21(20)16-23)25-24(28)18(2)3/h6,8,15,18-19,23H,5,7,9-14,16-17H2,1-4H3,(H,25,28). The van der Waals surface area contributed by atoms with Crippen molar-refractivity contribution in [3.05, 3.63) is 29.3 Å². The number of amides is 1. The Morgan fingerprint density at radius 2 is 1.90 bits per heavy atom. The zero-order valence-corrected chi connectivity index (χ0v) is 20.4. The van der Waals surface area contributed by atoms with Crippen LogP contribution in [0.25, 0.3) is 0 Å². The second-order valence-electron chi connectivity index (χ2n) is 9.62. The summed E-state index contributed by atoms with van der Waals surface area (Å²) in [6.45, 7) is 9.48. The van der Waals surface area contributed by atoms with Gasteiger partial charge in [-0.15, -0.1) is 0 Å². The van der Waals surface area contributed by atoms with Gasteiger partial charge in [0.15, 0.2) is 0 Å². The van der Waals surface area contributed by atoms with E-state index in [9.17, 15) is 13.2 Å². The summed E-state index contributed by atoms with van der Waals surface area (Å²) in [7, 11) is -3.07. The first-order valence-corrected chi connectivity index (χ1v) is 13.6. The van der Waals surface area contributed by atoms with Crippen LogP contribution < -0.4 is 5.32 Å². The molecule has 31 heavy (non-hydrogen) atoms. The Bertz CT molecular complexity index is 861. The number of anilines is 1. The maximum absolute atomic E-state index is 12.1. The number of sulfonamides is 1. The normalized spacial score (nSPS) is 20.8. The average Bonchev–Trinajstić information content (AvgIpc) is 2.72. The summed E-state index contributed by atoms with van der Waals surface area (Å²) in [6, 6.07) is 6.87. The quantitative estimate of drug-likeness (QED) is 0.659. The Morgan fingerprint density at radius 1 is 1.19 bits per heavy atom. The van der Waals surface area contributed by atoms with Crippen LogP contribution in [0.2, 0.25) is 0 Å². The van der Waals surface area contributed by atoms with Crippen LogP contribution in [-0.2, 0) is 27.7 Å². The lowest BCUT2D eigenvalue weighted by Crippen LogP contribution is -2.45. The summed E-state index contributed by atoms with van der Waals surface area (Å²) < 4.78 is 25.2. The first-order chi connectivity index (χ1) is 14.7. The molecule has 1 aromatic carbocycles. The van der Waals surface area contributed by atoms with Crippen LogP contribution in [-0.4, -0.2) is 62.0 Å². The van der Waals surface area contributed by atoms with Gasteiger partial charge in [0, 0.05) is 37.3 Å². The first kappa shape index (κ1) is 24.2. The molecule has 0 radical (unpaired) electrons. The van der Waals surface area contributed by atoms with Gasteiger partial charge in [-0.25, -0.2) is 12.7 Å². The number of piperidine rings is 1. The summed E-state index contributed by atoms with van der Waals surface area (Å²) in [5.41, 5.74) is 3.65. The number of carbonyl (C=O) groups is 1. The highest BCUT2D eigenvalue weighted by Crippen LogP contribution is 2.29. The van der Waals surface area contributed by atoms with Gasteiger partial charge in [-0.3, -0.25) is 9.69 Å². The highest BCUT2D eigenvalue weighted by molar-refractivity contribution is 7.88. The number of fused-ring (bicyclic) bond motifs is 1. The fraction of sp³-hybridized carbons (Fsp3) is 0.708. The van der Waals surface area contributed by atoms with Crippen molar-refractivity contribution < 1.29 is 13.2 Å². The number of hydrogen-bond acceptors (Lipinski definition) is 4. The number of benzene rings is 1. The second kappa shape index (κ2) is 10.5. The van der Waals surface area contributed by atoms with E-state index in [2.05, 4.69) is 29.3 Å². The average molecular weight is 450 g/mol. The van der Waals surface area contributed by atoms with Crippen LogP contribution in [0.1, 0.15) is 57.6 Å². The predicted molar refractivity (Wildman–Crippen MR) is 127 cm³/mol. The minimum absolute atomic E-state index is 0.0297. The van der Waals surface area contributed by atoms with Gasteiger partial charge in [0.2, 0.25) is 15.9 Å². The van der Waals surface area contributed by atoms with Gasteiger partial charge >= 0.3 is 0 Å². The maximum atomic E-state index is 12.1. The van der Waals surface area contributed by atoms with E-state index in [-0.39, 0.29) is 11.8 Å². The van der Waals surface area contributed by atoms with Crippen LogP contribution in [0.5, 0.6) is 0 Å². The highest BCUT2D eigenvalue weighted by atomic mass is 32.2. The van der Waals surface area contributed by atoms with Crippen molar-refractivity contribution in [3.8, 4) is 0 Å². The number of nitrogens with one attached hydrogen (secondary N) is 1. The molecule has 6 nitrogen and oxygen atoms in total. The molecule has 2 aliphatic rings. The topological polar surface area (TPSA) is 69.7 Å². The number of hydrogen-bond donors (Lipinski definition) is 1. The third-order valence-electron chi connectivity index (χ3n) is 6.76. The molecule has 1 saturated heterocycles. The van der Waals surface area contributed by atoms with Crippen molar-refractivity contribution in [1.82, 2.24) is 9.21 Å². The molecule has 1 atom stereocenters. The minimum Gasteiger partial charge on any atom is -0.326 e. The zero-order valence-electron chi connectivity index (χ0n) is 19.6. The van der Waals surface area contributed by atoms with Crippen LogP contribution in [0.4, 0.5) is 5.69 Å². The number of carbonyl (C=O) groups excluding carboxylic acids is 1. The van der Waals surface area contributed by atoms with E-state index >= 15 is 0 Å². The molecule has 1 aliphatic heterocycles. The molecule has 1 amide bonds. The predicted octanol–water partition coefficient (Wildman–Crippen LogP) is 3.52. The molecule has 0 spiro atoms. The minimum atomic E-state index is -3.07. The Labute approximate surface area is 188 Å². The summed E-state index contributed by atoms with van der Waals surface area (Å²) in [5.74, 6) is 0.584. The molecular formula is C24H39N3O3S. The van der Waals surface area contributed by atoms with Crippen molar-refractivity contribution in [2.75, 3.05) is 37.8 Å². The van der Waals surface area contributed by atoms with Crippen molar-refractivity contribution >= 4 is 21.6 Å². The third kappa shape index (κ3) is 6.53. The Kier molecular flexibility index (Phi) is 8.16. The monoisotopic (exact) mass is 449 g/mol. The van der Waals surface area contributed by atoms with Gasteiger partial charge in [-0.1, -0.05) is 26.8 Å². The number of aryl methyl sites for hydroxylation is 1. The lowest BCUT2D eigenvalue weighted by Gasteiger charge is -2.39. The largest absolute Gasteiger partial charge is 0.326 e. The van der Waals surface area contributed by atoms with Crippen molar-refractivity contribution in [3.63, 3.8) is 0 Å². The maximum Gasteiger partial charge on any atom is 0.226 e. The van der Waals surface area contributed by atoms with Gasteiger partial charge in [-0.05, 0) is 74.2 Å². The molecule has 0 aromatic heterocycles. The van der Waals surface area contributed by atoms with Gasteiger partial charge in [0.05, 0.1) is 6.26 Å². The molecule has 0 bridgehead atoms. The summed E-state index contributed by atoms with van der Waals surface area (Å²) in [4.78, 5) is 14.7. The van der Waals surface area contributed by atoms with E-state index in [4.69, 9.17) is 0 Å². The lowest BCUT2D eigenvalue weighted by atomic mass is 9.86. The third-order valence-corrected chi connectivity index (χ3v) is 8.07. The van der Waals surface area contributed by atoms with Gasteiger partial charge < -0.3 is 5.32 Å².